The number of thiophene rings is 1. The molecule has 0 amide bonds. The van der Waals surface area contributed by atoms with Gasteiger partial charge in [0.05, 0.1) is 17.5 Å². The Balaban J connectivity index is 2.00. The van der Waals surface area contributed by atoms with Crippen molar-refractivity contribution in [1.82, 2.24) is 0 Å². The number of hydrogen-bond acceptors (Lipinski definition) is 4. The highest BCUT2D eigenvalue weighted by atomic mass is 32.1. The van der Waals surface area contributed by atoms with Crippen molar-refractivity contribution in [2.75, 3.05) is 17.6 Å². The third-order valence-corrected chi connectivity index (χ3v) is 3.32. The van der Waals surface area contributed by atoms with Crippen molar-refractivity contribution < 1.29 is 5.11 Å². The van der Waals surface area contributed by atoms with Gasteiger partial charge in [-0.25, -0.2) is 0 Å². The van der Waals surface area contributed by atoms with Gasteiger partial charge in [0.2, 0.25) is 0 Å². The van der Waals surface area contributed by atoms with Crippen LogP contribution in [0.3, 0.4) is 0 Å². The van der Waals surface area contributed by atoms with Gasteiger partial charge in [-0.15, -0.1) is 0 Å². The van der Waals surface area contributed by atoms with E-state index in [4.69, 9.17) is 5.73 Å². The topological polar surface area (TPSA) is 58.3 Å². The molecule has 0 aliphatic carbocycles. The summed E-state index contributed by atoms with van der Waals surface area (Å²) < 4.78 is 0. The number of nitrogens with one attached hydrogen (secondary N) is 1. The monoisotopic (exact) mass is 248 g/mol. The molecule has 0 bridgehead atoms. The van der Waals surface area contributed by atoms with Crippen LogP contribution in [0.2, 0.25) is 0 Å². The fourth-order valence-corrected chi connectivity index (χ4v) is 2.32. The molecule has 0 spiro atoms. The van der Waals surface area contributed by atoms with Crippen molar-refractivity contribution in [3.05, 3.63) is 46.2 Å². The van der Waals surface area contributed by atoms with Crippen LogP contribution in [0.25, 0.3) is 0 Å². The van der Waals surface area contributed by atoms with Gasteiger partial charge in [0, 0.05) is 6.54 Å². The van der Waals surface area contributed by atoms with Gasteiger partial charge in [-0.05, 0) is 47.0 Å². The molecule has 4 heteroatoms. The molecule has 0 saturated carbocycles. The highest BCUT2D eigenvalue weighted by Gasteiger charge is 2.08. The number of anilines is 2. The lowest BCUT2D eigenvalue weighted by Crippen LogP contribution is -2.12. The number of rotatable bonds is 4. The van der Waals surface area contributed by atoms with E-state index < -0.39 is 6.10 Å². The average molecular weight is 248 g/mol. The summed E-state index contributed by atoms with van der Waals surface area (Å²) in [5.74, 6) is 0. The Morgan fingerprint density at radius 3 is 2.94 bits per heavy atom. The number of nitrogen functional groups attached to an aromatic ring is 1. The minimum absolute atomic E-state index is 0.463. The Bertz CT molecular complexity index is 482. The molecule has 1 heterocycles. The summed E-state index contributed by atoms with van der Waals surface area (Å²) >= 11 is 1.58. The van der Waals surface area contributed by atoms with E-state index in [0.717, 1.165) is 16.8 Å². The molecular weight excluding hydrogens is 232 g/mol. The van der Waals surface area contributed by atoms with Crippen LogP contribution in [0.1, 0.15) is 17.2 Å². The second-order valence-corrected chi connectivity index (χ2v) is 4.82. The highest BCUT2D eigenvalue weighted by Crippen LogP contribution is 2.22. The number of benzene rings is 1. The molecule has 0 aliphatic rings. The molecule has 3 nitrogen and oxygen atoms in total. The Hall–Kier alpha value is -1.52. The molecule has 1 aromatic carbocycles. The van der Waals surface area contributed by atoms with Gasteiger partial charge in [0.25, 0.3) is 0 Å². The summed E-state index contributed by atoms with van der Waals surface area (Å²) in [6.45, 7) is 2.48. The zero-order valence-electron chi connectivity index (χ0n) is 9.68. The summed E-state index contributed by atoms with van der Waals surface area (Å²) in [5.41, 5.74) is 9.51. The molecule has 17 heavy (non-hydrogen) atoms. The van der Waals surface area contributed by atoms with Gasteiger partial charge < -0.3 is 16.2 Å². The second kappa shape index (κ2) is 5.21. The first-order valence-corrected chi connectivity index (χ1v) is 6.41. The summed E-state index contributed by atoms with van der Waals surface area (Å²) in [6, 6.07) is 7.75. The minimum Gasteiger partial charge on any atom is -0.397 e. The van der Waals surface area contributed by atoms with Crippen molar-refractivity contribution >= 4 is 22.7 Å². The number of aliphatic hydroxyl groups is 1. The van der Waals surface area contributed by atoms with Crippen molar-refractivity contribution in [3.8, 4) is 0 Å². The van der Waals surface area contributed by atoms with Crippen LogP contribution in [0, 0.1) is 6.92 Å². The predicted molar refractivity (Wildman–Crippen MR) is 73.4 cm³/mol. The number of aryl methyl sites for hydroxylation is 1. The van der Waals surface area contributed by atoms with Crippen LogP contribution in [-0.4, -0.2) is 11.7 Å². The minimum atomic E-state index is -0.499. The average Bonchev–Trinajstić information content (AvgIpc) is 2.83. The lowest BCUT2D eigenvalue weighted by molar-refractivity contribution is 0.192. The first kappa shape index (κ1) is 12.0. The lowest BCUT2D eigenvalue weighted by atomic mass is 10.1. The molecule has 90 valence electrons. The summed E-state index contributed by atoms with van der Waals surface area (Å²) in [7, 11) is 0. The first-order chi connectivity index (χ1) is 8.16. The van der Waals surface area contributed by atoms with Crippen LogP contribution in [0.15, 0.2) is 35.0 Å². The van der Waals surface area contributed by atoms with Crippen molar-refractivity contribution in [3.63, 3.8) is 0 Å². The standard InChI is InChI=1S/C13H16N2OS/c1-9-2-3-11(14)12(6-9)15-7-13(16)10-4-5-17-8-10/h2-6,8,13,15-16H,7,14H2,1H3. The van der Waals surface area contributed by atoms with Crippen LogP contribution in [-0.2, 0) is 0 Å². The van der Waals surface area contributed by atoms with Crippen molar-refractivity contribution in [2.45, 2.75) is 13.0 Å². The summed E-state index contributed by atoms with van der Waals surface area (Å²) in [5, 5.41) is 17.0. The van der Waals surface area contributed by atoms with Gasteiger partial charge in [-0.2, -0.15) is 11.3 Å². The van der Waals surface area contributed by atoms with Crippen LogP contribution in [0.5, 0.6) is 0 Å². The Labute approximate surface area is 105 Å². The van der Waals surface area contributed by atoms with E-state index in [1.54, 1.807) is 11.3 Å². The molecule has 2 aromatic rings. The molecule has 0 radical (unpaired) electrons. The molecule has 0 saturated heterocycles. The molecule has 0 aliphatic heterocycles. The smallest absolute Gasteiger partial charge is 0.0970 e. The maximum Gasteiger partial charge on any atom is 0.0970 e. The quantitative estimate of drug-likeness (QED) is 0.729. The molecule has 4 N–H and O–H groups in total. The highest BCUT2D eigenvalue weighted by molar-refractivity contribution is 7.07. The van der Waals surface area contributed by atoms with E-state index in [0.29, 0.717) is 12.2 Å². The normalized spacial score (nSPS) is 12.4. The Kier molecular flexibility index (Phi) is 3.66. The SMILES string of the molecule is Cc1ccc(N)c(NCC(O)c2ccsc2)c1. The number of hydrogen-bond donors (Lipinski definition) is 3. The van der Waals surface area contributed by atoms with Gasteiger partial charge in [0.1, 0.15) is 0 Å². The fourth-order valence-electron chi connectivity index (χ4n) is 1.61. The van der Waals surface area contributed by atoms with Gasteiger partial charge >= 0.3 is 0 Å². The lowest BCUT2D eigenvalue weighted by Gasteiger charge is -2.13. The molecule has 0 fully saturated rings. The van der Waals surface area contributed by atoms with Gasteiger partial charge in [0.15, 0.2) is 0 Å². The predicted octanol–water partition coefficient (Wildman–Crippen LogP) is 2.78. The maximum absolute atomic E-state index is 9.93. The van der Waals surface area contributed by atoms with E-state index in [1.807, 2.05) is 41.9 Å². The first-order valence-electron chi connectivity index (χ1n) is 5.47. The van der Waals surface area contributed by atoms with Crippen LogP contribution >= 0.6 is 11.3 Å². The van der Waals surface area contributed by atoms with E-state index in [1.165, 1.54) is 0 Å². The molecule has 1 aromatic heterocycles. The maximum atomic E-state index is 9.93. The second-order valence-electron chi connectivity index (χ2n) is 4.04. The van der Waals surface area contributed by atoms with E-state index >= 15 is 0 Å². The van der Waals surface area contributed by atoms with Gasteiger partial charge in [-0.3, -0.25) is 0 Å². The molecule has 2 rings (SSSR count). The molecule has 1 unspecified atom stereocenters. The zero-order chi connectivity index (χ0) is 12.3. The summed E-state index contributed by atoms with van der Waals surface area (Å²) in [4.78, 5) is 0. The summed E-state index contributed by atoms with van der Waals surface area (Å²) in [6.07, 6.45) is -0.499. The number of nitrogens with two attached hydrogens (primary N) is 1. The van der Waals surface area contributed by atoms with E-state index in [2.05, 4.69) is 5.32 Å². The fraction of sp³-hybridized carbons (Fsp3) is 0.231. The third kappa shape index (κ3) is 2.99. The van der Waals surface area contributed by atoms with E-state index in [-0.39, 0.29) is 0 Å². The Morgan fingerprint density at radius 2 is 2.24 bits per heavy atom. The number of aliphatic hydroxyl groups excluding tert-OH is 1. The van der Waals surface area contributed by atoms with Crippen molar-refractivity contribution in [1.29, 1.82) is 0 Å². The van der Waals surface area contributed by atoms with E-state index in [9.17, 15) is 5.11 Å². The van der Waals surface area contributed by atoms with Gasteiger partial charge in [-0.1, -0.05) is 6.07 Å². The zero-order valence-corrected chi connectivity index (χ0v) is 10.5. The van der Waals surface area contributed by atoms with Crippen LogP contribution < -0.4 is 11.1 Å². The molecule has 1 atom stereocenters. The Morgan fingerprint density at radius 1 is 1.41 bits per heavy atom. The third-order valence-electron chi connectivity index (χ3n) is 2.62. The molecular formula is C13H16N2OS. The largest absolute Gasteiger partial charge is 0.397 e. The van der Waals surface area contributed by atoms with Crippen molar-refractivity contribution in [2.24, 2.45) is 0 Å². The van der Waals surface area contributed by atoms with Crippen LogP contribution in [0.4, 0.5) is 11.4 Å².